The molecule has 0 radical (unpaired) electrons. The lowest BCUT2D eigenvalue weighted by Gasteiger charge is -2.11. The van der Waals surface area contributed by atoms with Crippen molar-refractivity contribution in [1.29, 1.82) is 0 Å². The van der Waals surface area contributed by atoms with Crippen LogP contribution in [0.25, 0.3) is 28.7 Å². The van der Waals surface area contributed by atoms with Gasteiger partial charge in [0, 0.05) is 0 Å². The maximum absolute atomic E-state index is 13.2. The molecule has 0 saturated carbocycles. The molecule has 1 heterocycles. The van der Waals surface area contributed by atoms with Gasteiger partial charge in [0.15, 0.2) is 11.5 Å². The fourth-order valence-electron chi connectivity index (χ4n) is 3.22. The maximum atomic E-state index is 13.2. The van der Waals surface area contributed by atoms with E-state index in [9.17, 15) is 4.79 Å². The van der Waals surface area contributed by atoms with Gasteiger partial charge in [-0.05, 0) is 48.0 Å². The van der Waals surface area contributed by atoms with Gasteiger partial charge in [-0.15, -0.1) is 0 Å². The third kappa shape index (κ3) is 3.62. The molecule has 0 fully saturated rings. The summed E-state index contributed by atoms with van der Waals surface area (Å²) >= 11 is 0. The second kappa shape index (κ2) is 8.02. The predicted octanol–water partition coefficient (Wildman–Crippen LogP) is 4.57. The Bertz CT molecular complexity index is 1240. The zero-order valence-electron chi connectivity index (χ0n) is 16.2. The Kier molecular flexibility index (Phi) is 5.12. The number of para-hydroxylation sites is 2. The molecule has 0 amide bonds. The molecule has 0 atom stereocenters. The highest BCUT2D eigenvalue weighted by Crippen LogP contribution is 2.28. The van der Waals surface area contributed by atoms with E-state index >= 15 is 0 Å². The van der Waals surface area contributed by atoms with Crippen LogP contribution >= 0.6 is 0 Å². The van der Waals surface area contributed by atoms with Crippen molar-refractivity contribution in [2.24, 2.45) is 0 Å². The van der Waals surface area contributed by atoms with Crippen LogP contribution in [0.2, 0.25) is 0 Å². The molecule has 0 unspecified atom stereocenters. The fraction of sp³-hybridized carbons (Fsp3) is 0.0833. The van der Waals surface area contributed by atoms with Crippen LogP contribution in [-0.4, -0.2) is 23.8 Å². The van der Waals surface area contributed by atoms with Gasteiger partial charge in [-0.1, -0.05) is 42.5 Å². The number of methoxy groups -OCH3 is 2. The Labute approximate surface area is 168 Å². The van der Waals surface area contributed by atoms with Gasteiger partial charge >= 0.3 is 0 Å². The largest absolute Gasteiger partial charge is 0.493 e. The minimum absolute atomic E-state index is 0.103. The third-order valence-electron chi connectivity index (χ3n) is 4.65. The van der Waals surface area contributed by atoms with E-state index in [1.807, 2.05) is 78.9 Å². The first kappa shape index (κ1) is 18.5. The molecule has 5 heteroatoms. The van der Waals surface area contributed by atoms with Crippen LogP contribution in [0, 0.1) is 0 Å². The second-order valence-electron chi connectivity index (χ2n) is 6.41. The molecule has 0 aliphatic heterocycles. The number of nitrogens with zero attached hydrogens (tertiary/aromatic N) is 2. The smallest absolute Gasteiger partial charge is 0.266 e. The van der Waals surface area contributed by atoms with Crippen molar-refractivity contribution in [2.75, 3.05) is 14.2 Å². The highest BCUT2D eigenvalue weighted by molar-refractivity contribution is 5.80. The topological polar surface area (TPSA) is 53.3 Å². The molecule has 0 N–H and O–H groups in total. The summed E-state index contributed by atoms with van der Waals surface area (Å²) in [6.45, 7) is 0. The average Bonchev–Trinajstić information content (AvgIpc) is 2.78. The molecule has 3 aromatic carbocycles. The lowest BCUT2D eigenvalue weighted by Crippen LogP contribution is -2.22. The highest BCUT2D eigenvalue weighted by atomic mass is 16.5. The third-order valence-corrected chi connectivity index (χ3v) is 4.65. The summed E-state index contributed by atoms with van der Waals surface area (Å²) in [6.07, 6.45) is 3.74. The van der Waals surface area contributed by atoms with Crippen molar-refractivity contribution in [2.45, 2.75) is 0 Å². The molecule has 144 valence electrons. The monoisotopic (exact) mass is 384 g/mol. The number of ether oxygens (including phenoxy) is 2. The number of benzene rings is 3. The van der Waals surface area contributed by atoms with E-state index in [1.165, 1.54) is 0 Å². The van der Waals surface area contributed by atoms with E-state index in [0.717, 1.165) is 11.3 Å². The van der Waals surface area contributed by atoms with E-state index in [2.05, 4.69) is 0 Å². The molecule has 0 bridgehead atoms. The summed E-state index contributed by atoms with van der Waals surface area (Å²) in [4.78, 5) is 17.9. The van der Waals surface area contributed by atoms with Gasteiger partial charge in [0.1, 0.15) is 5.82 Å². The Morgan fingerprint density at radius 2 is 1.55 bits per heavy atom. The van der Waals surface area contributed by atoms with E-state index < -0.39 is 0 Å². The minimum Gasteiger partial charge on any atom is -0.493 e. The standard InChI is InChI=1S/C24H20N2O3/c1-28-21-14-12-17(16-22(21)29-2)13-15-23-25-20-11-7-6-10-19(20)24(27)26(23)18-8-4-3-5-9-18/h3-16H,1-2H3. The molecule has 4 aromatic rings. The molecule has 0 aliphatic carbocycles. The lowest BCUT2D eigenvalue weighted by atomic mass is 10.1. The molecule has 0 aliphatic rings. The van der Waals surface area contributed by atoms with E-state index in [0.29, 0.717) is 28.2 Å². The van der Waals surface area contributed by atoms with Crippen molar-refractivity contribution < 1.29 is 9.47 Å². The SMILES string of the molecule is COc1ccc(C=Cc2nc3ccccc3c(=O)n2-c2ccccc2)cc1OC. The molecule has 0 saturated heterocycles. The van der Waals surface area contributed by atoms with Gasteiger partial charge in [0.25, 0.3) is 5.56 Å². The van der Waals surface area contributed by atoms with Crippen LogP contribution in [-0.2, 0) is 0 Å². The quantitative estimate of drug-likeness (QED) is 0.506. The molecule has 5 nitrogen and oxygen atoms in total. The summed E-state index contributed by atoms with van der Waals surface area (Å²) in [5.74, 6) is 1.85. The second-order valence-corrected chi connectivity index (χ2v) is 6.41. The molecule has 0 spiro atoms. The van der Waals surface area contributed by atoms with Crippen molar-refractivity contribution >= 4 is 23.1 Å². The van der Waals surface area contributed by atoms with Crippen molar-refractivity contribution in [1.82, 2.24) is 9.55 Å². The Morgan fingerprint density at radius 1 is 0.828 bits per heavy atom. The van der Waals surface area contributed by atoms with E-state index in [-0.39, 0.29) is 5.56 Å². The average molecular weight is 384 g/mol. The summed E-state index contributed by atoms with van der Waals surface area (Å²) in [5.41, 5.74) is 2.23. The Hall–Kier alpha value is -3.86. The summed E-state index contributed by atoms with van der Waals surface area (Å²) < 4.78 is 12.3. The van der Waals surface area contributed by atoms with Crippen molar-refractivity contribution in [3.05, 3.63) is 94.5 Å². The zero-order valence-corrected chi connectivity index (χ0v) is 16.2. The molecule has 1 aromatic heterocycles. The van der Waals surface area contributed by atoms with Gasteiger partial charge in [-0.25, -0.2) is 4.98 Å². The van der Waals surface area contributed by atoms with Gasteiger partial charge in [0.05, 0.1) is 30.8 Å². The normalized spacial score (nSPS) is 11.1. The van der Waals surface area contributed by atoms with Crippen LogP contribution in [0.15, 0.2) is 77.6 Å². The van der Waals surface area contributed by atoms with Crippen molar-refractivity contribution in [3.8, 4) is 17.2 Å². The predicted molar refractivity (Wildman–Crippen MR) is 116 cm³/mol. The number of hydrogen-bond donors (Lipinski definition) is 0. The van der Waals surface area contributed by atoms with Crippen LogP contribution in [0.4, 0.5) is 0 Å². The zero-order chi connectivity index (χ0) is 20.2. The van der Waals surface area contributed by atoms with E-state index in [1.54, 1.807) is 24.9 Å². The number of rotatable bonds is 5. The van der Waals surface area contributed by atoms with Gasteiger partial charge in [0.2, 0.25) is 0 Å². The summed E-state index contributed by atoms with van der Waals surface area (Å²) in [6, 6.07) is 22.5. The molecular formula is C24H20N2O3. The number of hydrogen-bond acceptors (Lipinski definition) is 4. The maximum Gasteiger partial charge on any atom is 0.266 e. The molecule has 29 heavy (non-hydrogen) atoms. The van der Waals surface area contributed by atoms with Gasteiger partial charge in [-0.3, -0.25) is 9.36 Å². The first-order valence-corrected chi connectivity index (χ1v) is 9.18. The number of fused-ring (bicyclic) bond motifs is 1. The van der Waals surface area contributed by atoms with Crippen LogP contribution in [0.3, 0.4) is 0 Å². The van der Waals surface area contributed by atoms with Gasteiger partial charge < -0.3 is 9.47 Å². The van der Waals surface area contributed by atoms with Crippen LogP contribution in [0.5, 0.6) is 11.5 Å². The Balaban J connectivity index is 1.87. The Morgan fingerprint density at radius 3 is 2.31 bits per heavy atom. The summed E-state index contributed by atoms with van der Waals surface area (Å²) in [5, 5.41) is 0.583. The fourth-order valence-corrected chi connectivity index (χ4v) is 3.22. The molecular weight excluding hydrogens is 364 g/mol. The van der Waals surface area contributed by atoms with E-state index in [4.69, 9.17) is 14.5 Å². The highest BCUT2D eigenvalue weighted by Gasteiger charge is 2.11. The van der Waals surface area contributed by atoms with Crippen molar-refractivity contribution in [3.63, 3.8) is 0 Å². The van der Waals surface area contributed by atoms with Crippen LogP contribution in [0.1, 0.15) is 11.4 Å². The number of aromatic nitrogens is 2. The first-order valence-electron chi connectivity index (χ1n) is 9.18. The first-order chi connectivity index (χ1) is 14.2. The van der Waals surface area contributed by atoms with Crippen LogP contribution < -0.4 is 15.0 Å². The van der Waals surface area contributed by atoms with Gasteiger partial charge in [-0.2, -0.15) is 0 Å². The lowest BCUT2D eigenvalue weighted by molar-refractivity contribution is 0.355. The molecule has 4 rings (SSSR count). The summed E-state index contributed by atoms with van der Waals surface area (Å²) in [7, 11) is 3.20. The minimum atomic E-state index is -0.103.